The number of carbonyl (C=O) groups excluding carboxylic acids is 2. The van der Waals surface area contributed by atoms with E-state index >= 15 is 0 Å². The molecule has 26 heavy (non-hydrogen) atoms. The van der Waals surface area contributed by atoms with E-state index in [-0.39, 0.29) is 24.3 Å². The quantitative estimate of drug-likeness (QED) is 0.680. The summed E-state index contributed by atoms with van der Waals surface area (Å²) in [6.07, 6.45) is 0.728. The van der Waals surface area contributed by atoms with Crippen molar-refractivity contribution >= 4 is 11.8 Å². The first kappa shape index (κ1) is 19.7. The predicted octanol–water partition coefficient (Wildman–Crippen LogP) is 2.11. The Morgan fingerprint density at radius 1 is 0.962 bits per heavy atom. The lowest BCUT2D eigenvalue weighted by Crippen LogP contribution is -2.47. The lowest BCUT2D eigenvalue weighted by atomic mass is 10.0. The van der Waals surface area contributed by atoms with Crippen LogP contribution in [0.4, 0.5) is 0 Å². The van der Waals surface area contributed by atoms with Crippen molar-refractivity contribution in [1.82, 2.24) is 10.6 Å². The van der Waals surface area contributed by atoms with Crippen molar-refractivity contribution in [3.8, 4) is 11.1 Å². The minimum atomic E-state index is -0.594. The van der Waals surface area contributed by atoms with Gasteiger partial charge < -0.3 is 16.4 Å². The number of carbonyl (C=O) groups is 2. The Morgan fingerprint density at radius 2 is 1.65 bits per heavy atom. The monoisotopic (exact) mass is 353 g/mol. The molecule has 0 bridgehead atoms. The van der Waals surface area contributed by atoms with E-state index in [9.17, 15) is 9.59 Å². The first-order valence-corrected chi connectivity index (χ1v) is 8.91. The van der Waals surface area contributed by atoms with Gasteiger partial charge in [-0.1, -0.05) is 68.4 Å². The van der Waals surface area contributed by atoms with Crippen LogP contribution in [0, 0.1) is 5.92 Å². The van der Waals surface area contributed by atoms with Gasteiger partial charge in [0.15, 0.2) is 0 Å². The number of nitrogens with two attached hydrogens (primary N) is 1. The largest absolute Gasteiger partial charge is 0.354 e. The molecule has 138 valence electrons. The maximum Gasteiger partial charge on any atom is 0.239 e. The molecular formula is C21H27N3O2. The van der Waals surface area contributed by atoms with E-state index in [0.717, 1.165) is 17.5 Å². The van der Waals surface area contributed by atoms with E-state index in [1.165, 1.54) is 5.56 Å². The van der Waals surface area contributed by atoms with Crippen LogP contribution in [0.2, 0.25) is 0 Å². The third-order valence-electron chi connectivity index (χ3n) is 4.21. The summed E-state index contributed by atoms with van der Waals surface area (Å²) in [4.78, 5) is 23.6. The second-order valence-corrected chi connectivity index (χ2v) is 6.65. The maximum absolute atomic E-state index is 11.9. The summed E-state index contributed by atoms with van der Waals surface area (Å²) < 4.78 is 0. The molecular weight excluding hydrogens is 326 g/mol. The summed E-state index contributed by atoms with van der Waals surface area (Å²) in [6.45, 7) is 4.20. The highest BCUT2D eigenvalue weighted by molar-refractivity contribution is 5.87. The average Bonchev–Trinajstić information content (AvgIpc) is 2.66. The molecule has 0 aliphatic rings. The molecule has 0 aliphatic carbocycles. The van der Waals surface area contributed by atoms with Gasteiger partial charge in [0.1, 0.15) is 0 Å². The number of nitrogens with one attached hydrogen (secondary N) is 2. The highest BCUT2D eigenvalue weighted by Gasteiger charge is 2.17. The molecule has 0 fully saturated rings. The zero-order chi connectivity index (χ0) is 18.9. The van der Waals surface area contributed by atoms with E-state index in [1.807, 2.05) is 44.2 Å². The van der Waals surface area contributed by atoms with Crippen LogP contribution in [0.5, 0.6) is 0 Å². The van der Waals surface area contributed by atoms with Crippen molar-refractivity contribution in [3.63, 3.8) is 0 Å². The van der Waals surface area contributed by atoms with Crippen molar-refractivity contribution in [1.29, 1.82) is 0 Å². The van der Waals surface area contributed by atoms with Gasteiger partial charge in [-0.3, -0.25) is 9.59 Å². The van der Waals surface area contributed by atoms with Gasteiger partial charge in [-0.05, 0) is 29.0 Å². The summed E-state index contributed by atoms with van der Waals surface area (Å²) in [7, 11) is 0. The van der Waals surface area contributed by atoms with Crippen molar-refractivity contribution in [2.24, 2.45) is 11.7 Å². The Kier molecular flexibility index (Phi) is 7.36. The van der Waals surface area contributed by atoms with Crippen LogP contribution in [0.15, 0.2) is 54.6 Å². The van der Waals surface area contributed by atoms with E-state index in [2.05, 4.69) is 34.9 Å². The predicted molar refractivity (Wildman–Crippen MR) is 104 cm³/mol. The SMILES string of the molecule is CC(C)[C@H](N)C(=O)NCC(=O)NCCc1cccc(-c2ccccc2)c1. The highest BCUT2D eigenvalue weighted by Crippen LogP contribution is 2.20. The van der Waals surface area contributed by atoms with Gasteiger partial charge in [-0.2, -0.15) is 0 Å². The summed E-state index contributed by atoms with van der Waals surface area (Å²) in [6, 6.07) is 17.9. The first-order valence-electron chi connectivity index (χ1n) is 8.91. The van der Waals surface area contributed by atoms with E-state index in [4.69, 9.17) is 5.73 Å². The molecule has 0 aliphatic heterocycles. The molecule has 5 heteroatoms. The van der Waals surface area contributed by atoms with Gasteiger partial charge in [0, 0.05) is 6.54 Å². The Labute approximate surface area is 155 Å². The van der Waals surface area contributed by atoms with Gasteiger partial charge in [0.05, 0.1) is 12.6 Å². The van der Waals surface area contributed by atoms with E-state index in [1.54, 1.807) is 0 Å². The third kappa shape index (κ3) is 6.01. The van der Waals surface area contributed by atoms with E-state index in [0.29, 0.717) is 6.54 Å². The molecule has 0 heterocycles. The molecule has 0 spiro atoms. The third-order valence-corrected chi connectivity index (χ3v) is 4.21. The molecule has 2 amide bonds. The molecule has 0 unspecified atom stereocenters. The minimum Gasteiger partial charge on any atom is -0.354 e. The fraction of sp³-hybridized carbons (Fsp3) is 0.333. The second-order valence-electron chi connectivity index (χ2n) is 6.65. The number of hydrogen-bond acceptors (Lipinski definition) is 3. The summed E-state index contributed by atoms with van der Waals surface area (Å²) in [5.74, 6) is -0.478. The summed E-state index contributed by atoms with van der Waals surface area (Å²) in [5, 5.41) is 5.39. The first-order chi connectivity index (χ1) is 12.5. The molecule has 4 N–H and O–H groups in total. The Morgan fingerprint density at radius 3 is 2.35 bits per heavy atom. The van der Waals surface area contributed by atoms with Crippen LogP contribution in [0.25, 0.3) is 11.1 Å². The number of benzene rings is 2. The molecule has 2 aromatic carbocycles. The molecule has 0 saturated carbocycles. The van der Waals surface area contributed by atoms with Crippen molar-refractivity contribution in [2.45, 2.75) is 26.3 Å². The van der Waals surface area contributed by atoms with Gasteiger partial charge in [-0.25, -0.2) is 0 Å². The molecule has 2 aromatic rings. The highest BCUT2D eigenvalue weighted by atomic mass is 16.2. The molecule has 2 rings (SSSR count). The van der Waals surface area contributed by atoms with Crippen LogP contribution in [-0.4, -0.2) is 30.9 Å². The number of hydrogen-bond donors (Lipinski definition) is 3. The average molecular weight is 353 g/mol. The van der Waals surface area contributed by atoms with Gasteiger partial charge in [0.2, 0.25) is 11.8 Å². The lowest BCUT2D eigenvalue weighted by Gasteiger charge is -2.15. The smallest absolute Gasteiger partial charge is 0.239 e. The van der Waals surface area contributed by atoms with Crippen LogP contribution in [0.3, 0.4) is 0 Å². The van der Waals surface area contributed by atoms with Gasteiger partial charge in [0.25, 0.3) is 0 Å². The van der Waals surface area contributed by atoms with Crippen LogP contribution in [0.1, 0.15) is 19.4 Å². The van der Waals surface area contributed by atoms with Crippen LogP contribution < -0.4 is 16.4 Å². The Bertz CT molecular complexity index is 729. The molecule has 0 aromatic heterocycles. The second kappa shape index (κ2) is 9.73. The lowest BCUT2D eigenvalue weighted by molar-refractivity contribution is -0.127. The van der Waals surface area contributed by atoms with Crippen molar-refractivity contribution < 1.29 is 9.59 Å². The van der Waals surface area contributed by atoms with Crippen LogP contribution >= 0.6 is 0 Å². The normalized spacial score (nSPS) is 11.8. The zero-order valence-corrected chi connectivity index (χ0v) is 15.4. The standard InChI is InChI=1S/C21H27N3O2/c1-15(2)20(22)21(26)24-14-19(25)23-12-11-16-7-6-10-18(13-16)17-8-4-3-5-9-17/h3-10,13,15,20H,11-12,14,22H2,1-2H3,(H,23,25)(H,24,26)/t20-/m0/s1. The molecule has 1 atom stereocenters. The minimum absolute atomic E-state index is 0.0370. The van der Waals surface area contributed by atoms with Gasteiger partial charge in [-0.15, -0.1) is 0 Å². The topological polar surface area (TPSA) is 84.2 Å². The molecule has 0 saturated heterocycles. The fourth-order valence-electron chi connectivity index (χ4n) is 2.53. The van der Waals surface area contributed by atoms with E-state index < -0.39 is 6.04 Å². The Hall–Kier alpha value is -2.66. The zero-order valence-electron chi connectivity index (χ0n) is 15.4. The van der Waals surface area contributed by atoms with Crippen molar-refractivity contribution in [2.75, 3.05) is 13.1 Å². The summed E-state index contributed by atoms with van der Waals surface area (Å²) in [5.41, 5.74) is 9.22. The Balaban J connectivity index is 1.77. The van der Waals surface area contributed by atoms with Crippen molar-refractivity contribution in [3.05, 3.63) is 60.2 Å². The van der Waals surface area contributed by atoms with Crippen LogP contribution in [-0.2, 0) is 16.0 Å². The number of amides is 2. The molecule has 5 nitrogen and oxygen atoms in total. The number of rotatable bonds is 8. The molecule has 0 radical (unpaired) electrons. The summed E-state index contributed by atoms with van der Waals surface area (Å²) >= 11 is 0. The van der Waals surface area contributed by atoms with Gasteiger partial charge >= 0.3 is 0 Å². The fourth-order valence-corrected chi connectivity index (χ4v) is 2.53. The maximum atomic E-state index is 11.9.